The molecule has 1 aromatic heterocycles. The van der Waals surface area contributed by atoms with Crippen molar-refractivity contribution in [1.29, 1.82) is 0 Å². The second-order valence-electron chi connectivity index (χ2n) is 6.90. The first-order valence-electron chi connectivity index (χ1n) is 8.99. The molecule has 0 saturated carbocycles. The molecule has 0 atom stereocenters. The molecule has 0 bridgehead atoms. The average Bonchev–Trinajstić information content (AvgIpc) is 2.92. The van der Waals surface area contributed by atoms with Gasteiger partial charge in [-0.3, -0.25) is 9.59 Å². The van der Waals surface area contributed by atoms with Gasteiger partial charge in [0.05, 0.1) is 0 Å². The number of carbonyl (C=O) groups is 2. The Morgan fingerprint density at radius 2 is 1.67 bits per heavy atom. The Kier molecular flexibility index (Phi) is 5.16. The molecule has 3 heterocycles. The number of nitrogens with zero attached hydrogens (tertiary/aromatic N) is 5. The summed E-state index contributed by atoms with van der Waals surface area (Å²) in [5.41, 5.74) is 0. The van der Waals surface area contributed by atoms with Crippen LogP contribution < -0.4 is 0 Å². The van der Waals surface area contributed by atoms with Gasteiger partial charge in [-0.15, -0.1) is 0 Å². The maximum absolute atomic E-state index is 12.6. The third-order valence-corrected chi connectivity index (χ3v) is 5.11. The lowest BCUT2D eigenvalue weighted by Crippen LogP contribution is -2.46. The first-order chi connectivity index (χ1) is 11.5. The second-order valence-corrected chi connectivity index (χ2v) is 6.90. The van der Waals surface area contributed by atoms with Crippen molar-refractivity contribution in [3.63, 3.8) is 0 Å². The van der Waals surface area contributed by atoms with E-state index in [0.29, 0.717) is 24.8 Å². The third kappa shape index (κ3) is 3.76. The van der Waals surface area contributed by atoms with Crippen LogP contribution in [0.5, 0.6) is 0 Å². The number of piperidine rings is 2. The normalized spacial score (nSPS) is 19.6. The van der Waals surface area contributed by atoms with Crippen LogP contribution in [-0.2, 0) is 16.1 Å². The summed E-state index contributed by atoms with van der Waals surface area (Å²) in [6, 6.07) is 0. The van der Waals surface area contributed by atoms with Crippen LogP contribution in [0.3, 0.4) is 0 Å². The molecule has 0 spiro atoms. The van der Waals surface area contributed by atoms with Crippen LogP contribution in [0.4, 0.5) is 0 Å². The smallest absolute Gasteiger partial charge is 0.244 e. The molecule has 2 aliphatic rings. The van der Waals surface area contributed by atoms with Gasteiger partial charge in [0, 0.05) is 32.1 Å². The van der Waals surface area contributed by atoms with Gasteiger partial charge in [0.15, 0.2) is 0 Å². The van der Waals surface area contributed by atoms with Gasteiger partial charge in [0.2, 0.25) is 11.8 Å². The molecule has 0 N–H and O–H groups in total. The van der Waals surface area contributed by atoms with Gasteiger partial charge < -0.3 is 9.80 Å². The maximum atomic E-state index is 12.6. The number of carbonyl (C=O) groups excluding carboxylic acids is 2. The summed E-state index contributed by atoms with van der Waals surface area (Å²) >= 11 is 0. The topological polar surface area (TPSA) is 71.3 Å². The minimum Gasteiger partial charge on any atom is -0.342 e. The molecular formula is C17H27N5O2. The summed E-state index contributed by atoms with van der Waals surface area (Å²) in [6.45, 7) is 7.05. The largest absolute Gasteiger partial charge is 0.342 e. The summed E-state index contributed by atoms with van der Waals surface area (Å²) in [7, 11) is 0. The number of likely N-dealkylation sites (tertiary alicyclic amines) is 2. The van der Waals surface area contributed by atoms with E-state index >= 15 is 0 Å². The number of aryl methyl sites for hydroxylation is 2. The Morgan fingerprint density at radius 3 is 2.25 bits per heavy atom. The predicted octanol–water partition coefficient (Wildman–Crippen LogP) is 1.15. The minimum absolute atomic E-state index is 0.0619. The summed E-state index contributed by atoms with van der Waals surface area (Å²) in [6.07, 6.45) is 5.03. The van der Waals surface area contributed by atoms with Crippen LogP contribution in [0.25, 0.3) is 0 Å². The first-order valence-corrected chi connectivity index (χ1v) is 8.99. The highest BCUT2D eigenvalue weighted by atomic mass is 16.2. The molecule has 2 amide bonds. The monoisotopic (exact) mass is 333 g/mol. The molecule has 0 radical (unpaired) electrons. The van der Waals surface area contributed by atoms with E-state index in [1.807, 2.05) is 23.6 Å². The van der Waals surface area contributed by atoms with Crippen molar-refractivity contribution in [2.75, 3.05) is 26.2 Å². The van der Waals surface area contributed by atoms with Crippen molar-refractivity contribution in [2.24, 2.45) is 5.92 Å². The van der Waals surface area contributed by atoms with E-state index in [2.05, 4.69) is 10.1 Å². The van der Waals surface area contributed by atoms with E-state index < -0.39 is 0 Å². The molecule has 7 nitrogen and oxygen atoms in total. The molecule has 0 unspecified atom stereocenters. The Balaban J connectivity index is 1.50. The number of hydrogen-bond acceptors (Lipinski definition) is 4. The standard InChI is InChI=1S/C17H27N5O2/c1-13-18-14(2)22(19-13)12-16(23)20-10-6-15(7-11-20)17(24)21-8-4-3-5-9-21/h15H,3-12H2,1-2H3. The second kappa shape index (κ2) is 7.32. The van der Waals surface area contributed by atoms with Gasteiger partial charge in [-0.25, -0.2) is 9.67 Å². The zero-order valence-corrected chi connectivity index (χ0v) is 14.7. The van der Waals surface area contributed by atoms with Crippen LogP contribution in [0.15, 0.2) is 0 Å². The molecular weight excluding hydrogens is 306 g/mol. The van der Waals surface area contributed by atoms with Crippen LogP contribution in [0.2, 0.25) is 0 Å². The fraction of sp³-hybridized carbons (Fsp3) is 0.765. The van der Waals surface area contributed by atoms with Gasteiger partial charge in [-0.2, -0.15) is 5.10 Å². The average molecular weight is 333 g/mol. The zero-order chi connectivity index (χ0) is 17.1. The minimum atomic E-state index is 0.0619. The fourth-order valence-corrected chi connectivity index (χ4v) is 3.69. The van der Waals surface area contributed by atoms with Crippen molar-refractivity contribution >= 4 is 11.8 Å². The molecule has 24 heavy (non-hydrogen) atoms. The number of aromatic nitrogens is 3. The van der Waals surface area contributed by atoms with Crippen LogP contribution in [-0.4, -0.2) is 62.6 Å². The lowest BCUT2D eigenvalue weighted by molar-refractivity contribution is -0.141. The molecule has 132 valence electrons. The van der Waals surface area contributed by atoms with Crippen molar-refractivity contribution in [1.82, 2.24) is 24.6 Å². The maximum Gasteiger partial charge on any atom is 0.244 e. The van der Waals surface area contributed by atoms with Crippen molar-refractivity contribution in [3.05, 3.63) is 11.6 Å². The summed E-state index contributed by atoms with van der Waals surface area (Å²) in [5, 5.41) is 4.25. The highest BCUT2D eigenvalue weighted by Gasteiger charge is 2.30. The molecule has 0 aliphatic carbocycles. The molecule has 0 aromatic carbocycles. The van der Waals surface area contributed by atoms with E-state index in [1.54, 1.807) is 4.68 Å². The van der Waals surface area contributed by atoms with E-state index in [-0.39, 0.29) is 18.4 Å². The number of rotatable bonds is 3. The van der Waals surface area contributed by atoms with Crippen LogP contribution in [0, 0.1) is 19.8 Å². The Hall–Kier alpha value is -1.92. The van der Waals surface area contributed by atoms with Gasteiger partial charge in [-0.1, -0.05) is 0 Å². The SMILES string of the molecule is Cc1nc(C)n(CC(=O)N2CCC(C(=O)N3CCCCC3)CC2)n1. The summed E-state index contributed by atoms with van der Waals surface area (Å²) < 4.78 is 1.66. The molecule has 3 rings (SSSR count). The van der Waals surface area contributed by atoms with Crippen molar-refractivity contribution in [2.45, 2.75) is 52.5 Å². The third-order valence-electron chi connectivity index (χ3n) is 5.11. The quantitative estimate of drug-likeness (QED) is 0.832. The highest BCUT2D eigenvalue weighted by molar-refractivity contribution is 5.80. The lowest BCUT2D eigenvalue weighted by atomic mass is 9.94. The van der Waals surface area contributed by atoms with Crippen LogP contribution >= 0.6 is 0 Å². The Labute approximate surface area is 143 Å². The molecule has 2 saturated heterocycles. The molecule has 7 heteroatoms. The molecule has 1 aromatic rings. The van der Waals surface area contributed by atoms with E-state index in [0.717, 1.165) is 44.6 Å². The summed E-state index contributed by atoms with van der Waals surface area (Å²) in [5.74, 6) is 1.89. The molecule has 2 fully saturated rings. The number of hydrogen-bond donors (Lipinski definition) is 0. The van der Waals surface area contributed by atoms with Crippen molar-refractivity contribution < 1.29 is 9.59 Å². The van der Waals surface area contributed by atoms with Crippen molar-refractivity contribution in [3.8, 4) is 0 Å². The lowest BCUT2D eigenvalue weighted by Gasteiger charge is -2.35. The fourth-order valence-electron chi connectivity index (χ4n) is 3.69. The molecule has 2 aliphatic heterocycles. The first kappa shape index (κ1) is 16.9. The van der Waals surface area contributed by atoms with Gasteiger partial charge >= 0.3 is 0 Å². The van der Waals surface area contributed by atoms with E-state index in [9.17, 15) is 9.59 Å². The van der Waals surface area contributed by atoms with Gasteiger partial charge in [-0.05, 0) is 46.0 Å². The van der Waals surface area contributed by atoms with E-state index in [1.165, 1.54) is 6.42 Å². The van der Waals surface area contributed by atoms with E-state index in [4.69, 9.17) is 0 Å². The highest BCUT2D eigenvalue weighted by Crippen LogP contribution is 2.22. The van der Waals surface area contributed by atoms with Crippen LogP contribution in [0.1, 0.15) is 43.8 Å². The zero-order valence-electron chi connectivity index (χ0n) is 14.7. The number of amides is 2. The summed E-state index contributed by atoms with van der Waals surface area (Å²) in [4.78, 5) is 33.1. The van der Waals surface area contributed by atoms with Gasteiger partial charge in [0.1, 0.15) is 18.2 Å². The Morgan fingerprint density at radius 1 is 1.00 bits per heavy atom. The van der Waals surface area contributed by atoms with Gasteiger partial charge in [0.25, 0.3) is 0 Å². The Bertz CT molecular complexity index is 598. The predicted molar refractivity (Wildman–Crippen MR) is 89.2 cm³/mol.